The van der Waals surface area contributed by atoms with Crippen molar-refractivity contribution in [2.75, 3.05) is 0 Å². The van der Waals surface area contributed by atoms with Gasteiger partial charge in [-0.15, -0.1) is 0 Å². The first-order valence-corrected chi connectivity index (χ1v) is 7.45. The highest BCUT2D eigenvalue weighted by Crippen LogP contribution is 2.24. The number of nitrogens with one attached hydrogen (secondary N) is 1. The van der Waals surface area contributed by atoms with E-state index >= 15 is 0 Å². The fourth-order valence-electron chi connectivity index (χ4n) is 3.06. The number of benzene rings is 1. The van der Waals surface area contributed by atoms with Gasteiger partial charge in [0.2, 0.25) is 0 Å². The molecule has 1 aliphatic carbocycles. The maximum Gasteiger partial charge on any atom is 0.00818 e. The van der Waals surface area contributed by atoms with Gasteiger partial charge in [-0.2, -0.15) is 0 Å². The Kier molecular flexibility index (Phi) is 4.82. The molecule has 1 N–H and O–H groups in total. The van der Waals surface area contributed by atoms with Crippen molar-refractivity contribution < 1.29 is 0 Å². The van der Waals surface area contributed by atoms with Gasteiger partial charge in [-0.1, -0.05) is 31.2 Å². The van der Waals surface area contributed by atoms with Crippen LogP contribution in [0.15, 0.2) is 24.3 Å². The van der Waals surface area contributed by atoms with Crippen LogP contribution >= 0.6 is 0 Å². The van der Waals surface area contributed by atoms with Gasteiger partial charge in [0.1, 0.15) is 0 Å². The summed E-state index contributed by atoms with van der Waals surface area (Å²) in [5.74, 6) is 0.940. The van der Waals surface area contributed by atoms with Gasteiger partial charge in [0.05, 0.1) is 0 Å². The topological polar surface area (TPSA) is 12.0 Å². The summed E-state index contributed by atoms with van der Waals surface area (Å²) in [6.45, 7) is 6.92. The Morgan fingerprint density at radius 2 is 1.83 bits per heavy atom. The average Bonchev–Trinajstić information content (AvgIpc) is 2.35. The molecule has 1 saturated carbocycles. The molecule has 1 fully saturated rings. The monoisotopic (exact) mass is 245 g/mol. The third-order valence-corrected chi connectivity index (χ3v) is 4.32. The quantitative estimate of drug-likeness (QED) is 0.842. The zero-order valence-corrected chi connectivity index (χ0v) is 12.1. The predicted molar refractivity (Wildman–Crippen MR) is 78.9 cm³/mol. The van der Waals surface area contributed by atoms with Gasteiger partial charge in [-0.25, -0.2) is 0 Å². The minimum atomic E-state index is 0.588. The second-order valence-electron chi connectivity index (χ2n) is 6.16. The highest BCUT2D eigenvalue weighted by Gasteiger charge is 2.19. The zero-order chi connectivity index (χ0) is 13.0. The van der Waals surface area contributed by atoms with Crippen molar-refractivity contribution in [3.05, 3.63) is 35.4 Å². The van der Waals surface area contributed by atoms with Gasteiger partial charge in [0.15, 0.2) is 0 Å². The summed E-state index contributed by atoms with van der Waals surface area (Å²) in [5, 5.41) is 3.82. The molecule has 1 aromatic rings. The lowest BCUT2D eigenvalue weighted by atomic mass is 9.87. The minimum Gasteiger partial charge on any atom is -0.311 e. The maximum atomic E-state index is 3.82. The Bertz CT molecular complexity index is 364. The molecule has 100 valence electrons. The van der Waals surface area contributed by atoms with Gasteiger partial charge in [-0.3, -0.25) is 0 Å². The molecular formula is C17H27N. The lowest BCUT2D eigenvalue weighted by molar-refractivity contribution is 0.290. The molecule has 0 aliphatic heterocycles. The van der Waals surface area contributed by atoms with Crippen LogP contribution in [0.2, 0.25) is 0 Å². The third kappa shape index (κ3) is 3.84. The van der Waals surface area contributed by atoms with Gasteiger partial charge >= 0.3 is 0 Å². The SMILES string of the molecule is Cc1ccccc1CC(C)NC1CCC(C)CC1. The van der Waals surface area contributed by atoms with Crippen molar-refractivity contribution in [1.82, 2.24) is 5.32 Å². The van der Waals surface area contributed by atoms with Gasteiger partial charge in [0, 0.05) is 12.1 Å². The lowest BCUT2D eigenvalue weighted by Gasteiger charge is -2.30. The lowest BCUT2D eigenvalue weighted by Crippen LogP contribution is -2.39. The van der Waals surface area contributed by atoms with E-state index < -0.39 is 0 Å². The summed E-state index contributed by atoms with van der Waals surface area (Å²) in [6.07, 6.45) is 6.67. The Hall–Kier alpha value is -0.820. The van der Waals surface area contributed by atoms with E-state index in [4.69, 9.17) is 0 Å². The number of hydrogen-bond donors (Lipinski definition) is 1. The normalized spacial score (nSPS) is 25.9. The minimum absolute atomic E-state index is 0.588. The van der Waals surface area contributed by atoms with Crippen LogP contribution in [0.1, 0.15) is 50.7 Å². The molecular weight excluding hydrogens is 218 g/mol. The zero-order valence-electron chi connectivity index (χ0n) is 12.1. The first-order chi connectivity index (χ1) is 8.65. The van der Waals surface area contributed by atoms with Gasteiger partial charge < -0.3 is 5.32 Å². The second-order valence-corrected chi connectivity index (χ2v) is 6.16. The Morgan fingerprint density at radius 3 is 2.50 bits per heavy atom. The molecule has 0 aromatic heterocycles. The fourth-order valence-corrected chi connectivity index (χ4v) is 3.06. The molecule has 1 aromatic carbocycles. The van der Waals surface area contributed by atoms with E-state index in [0.29, 0.717) is 6.04 Å². The molecule has 0 bridgehead atoms. The van der Waals surface area contributed by atoms with Gasteiger partial charge in [-0.05, 0) is 63.0 Å². The van der Waals surface area contributed by atoms with E-state index in [1.807, 2.05) is 0 Å². The van der Waals surface area contributed by atoms with Crippen molar-refractivity contribution in [2.45, 2.75) is 65.0 Å². The Labute approximate surface area is 112 Å². The third-order valence-electron chi connectivity index (χ3n) is 4.32. The van der Waals surface area contributed by atoms with Crippen molar-refractivity contribution in [2.24, 2.45) is 5.92 Å². The molecule has 18 heavy (non-hydrogen) atoms. The van der Waals surface area contributed by atoms with Crippen LogP contribution in [0, 0.1) is 12.8 Å². The fraction of sp³-hybridized carbons (Fsp3) is 0.647. The summed E-state index contributed by atoms with van der Waals surface area (Å²) in [7, 11) is 0. The molecule has 1 aliphatic rings. The van der Waals surface area contributed by atoms with Crippen LogP contribution in [0.5, 0.6) is 0 Å². The summed E-state index contributed by atoms with van der Waals surface area (Å²) >= 11 is 0. The average molecular weight is 245 g/mol. The molecule has 0 saturated heterocycles. The number of rotatable bonds is 4. The van der Waals surface area contributed by atoms with Crippen LogP contribution in [-0.4, -0.2) is 12.1 Å². The maximum absolute atomic E-state index is 3.82. The predicted octanol–water partition coefficient (Wildman–Crippen LogP) is 4.09. The largest absolute Gasteiger partial charge is 0.311 e. The summed E-state index contributed by atoms with van der Waals surface area (Å²) < 4.78 is 0. The van der Waals surface area contributed by atoms with Crippen LogP contribution in [0.3, 0.4) is 0 Å². The first-order valence-electron chi connectivity index (χ1n) is 7.45. The first kappa shape index (κ1) is 13.6. The van der Waals surface area contributed by atoms with E-state index in [1.54, 1.807) is 0 Å². The molecule has 0 heterocycles. The van der Waals surface area contributed by atoms with Crippen molar-refractivity contribution >= 4 is 0 Å². The van der Waals surface area contributed by atoms with Gasteiger partial charge in [0.25, 0.3) is 0 Å². The summed E-state index contributed by atoms with van der Waals surface area (Å²) in [5.41, 5.74) is 2.91. The molecule has 1 nitrogen and oxygen atoms in total. The number of aryl methyl sites for hydroxylation is 1. The molecule has 2 rings (SSSR count). The molecule has 1 unspecified atom stereocenters. The molecule has 0 amide bonds. The Morgan fingerprint density at radius 1 is 1.17 bits per heavy atom. The van der Waals surface area contributed by atoms with Crippen molar-refractivity contribution in [3.8, 4) is 0 Å². The second kappa shape index (κ2) is 6.38. The van der Waals surface area contributed by atoms with Crippen LogP contribution in [-0.2, 0) is 6.42 Å². The van der Waals surface area contributed by atoms with E-state index in [-0.39, 0.29) is 0 Å². The number of hydrogen-bond acceptors (Lipinski definition) is 1. The highest BCUT2D eigenvalue weighted by molar-refractivity contribution is 5.26. The van der Waals surface area contributed by atoms with E-state index in [9.17, 15) is 0 Å². The molecule has 1 heteroatoms. The van der Waals surface area contributed by atoms with E-state index in [1.165, 1.54) is 36.8 Å². The van der Waals surface area contributed by atoms with Crippen LogP contribution in [0.25, 0.3) is 0 Å². The molecule has 0 radical (unpaired) electrons. The smallest absolute Gasteiger partial charge is 0.00818 e. The van der Waals surface area contributed by atoms with E-state index in [2.05, 4.69) is 50.4 Å². The molecule has 1 atom stereocenters. The Balaban J connectivity index is 1.82. The van der Waals surface area contributed by atoms with E-state index in [0.717, 1.165) is 18.4 Å². The standard InChI is InChI=1S/C17H27N/c1-13-8-10-17(11-9-13)18-15(3)12-16-7-5-4-6-14(16)2/h4-7,13,15,17-18H,8-12H2,1-3H3. The van der Waals surface area contributed by atoms with Crippen LogP contribution in [0.4, 0.5) is 0 Å². The summed E-state index contributed by atoms with van der Waals surface area (Å²) in [4.78, 5) is 0. The summed E-state index contributed by atoms with van der Waals surface area (Å²) in [6, 6.07) is 10.1. The van der Waals surface area contributed by atoms with Crippen molar-refractivity contribution in [1.29, 1.82) is 0 Å². The van der Waals surface area contributed by atoms with Crippen molar-refractivity contribution in [3.63, 3.8) is 0 Å². The molecule has 0 spiro atoms. The van der Waals surface area contributed by atoms with Crippen LogP contribution < -0.4 is 5.32 Å². The highest BCUT2D eigenvalue weighted by atomic mass is 14.9.